The highest BCUT2D eigenvalue weighted by atomic mass is 16.2. The van der Waals surface area contributed by atoms with Crippen molar-refractivity contribution in [3.63, 3.8) is 0 Å². The quantitative estimate of drug-likeness (QED) is 0.863. The van der Waals surface area contributed by atoms with Crippen LogP contribution in [0.4, 0.5) is 0 Å². The zero-order valence-electron chi connectivity index (χ0n) is 14.8. The summed E-state index contributed by atoms with van der Waals surface area (Å²) in [5, 5.41) is 7.29. The summed E-state index contributed by atoms with van der Waals surface area (Å²) in [6, 6.07) is 1.76. The van der Waals surface area contributed by atoms with Crippen molar-refractivity contribution in [1.29, 1.82) is 0 Å². The van der Waals surface area contributed by atoms with Crippen molar-refractivity contribution in [3.05, 3.63) is 29.7 Å². The van der Waals surface area contributed by atoms with E-state index in [1.165, 1.54) is 18.5 Å². The number of nitrogens with one attached hydrogen (secondary N) is 1. The van der Waals surface area contributed by atoms with Gasteiger partial charge in [-0.3, -0.25) is 14.3 Å². The lowest BCUT2D eigenvalue weighted by Crippen LogP contribution is -2.48. The summed E-state index contributed by atoms with van der Waals surface area (Å²) >= 11 is 0. The maximum Gasteiger partial charge on any atom is 0.269 e. The fourth-order valence-corrected chi connectivity index (χ4v) is 4.24. The molecule has 1 saturated heterocycles. The van der Waals surface area contributed by atoms with E-state index in [-0.39, 0.29) is 17.2 Å². The zero-order valence-corrected chi connectivity index (χ0v) is 14.8. The molecule has 4 rings (SSSR count). The van der Waals surface area contributed by atoms with Crippen LogP contribution in [0.15, 0.2) is 24.0 Å². The number of piperidine rings is 1. The first kappa shape index (κ1) is 16.4. The molecule has 1 aromatic heterocycles. The molecule has 1 atom stereocenters. The third-order valence-electron chi connectivity index (χ3n) is 5.89. The second-order valence-corrected chi connectivity index (χ2v) is 7.57. The Bertz CT molecular complexity index is 719. The number of amides is 2. The van der Waals surface area contributed by atoms with E-state index in [4.69, 9.17) is 0 Å². The van der Waals surface area contributed by atoms with Gasteiger partial charge in [0.25, 0.3) is 5.91 Å². The number of allylic oxidation sites excluding steroid dienone is 1. The molecule has 1 aliphatic heterocycles. The summed E-state index contributed by atoms with van der Waals surface area (Å²) in [5.74, 6) is 0.853. The predicted molar refractivity (Wildman–Crippen MR) is 93.7 cm³/mol. The van der Waals surface area contributed by atoms with Gasteiger partial charge in [-0.1, -0.05) is 6.08 Å². The van der Waals surface area contributed by atoms with Crippen LogP contribution in [0.1, 0.15) is 55.9 Å². The van der Waals surface area contributed by atoms with Crippen molar-refractivity contribution < 1.29 is 9.59 Å². The molecule has 134 valence electrons. The molecule has 2 amide bonds. The number of carbonyl (C=O) groups is 2. The van der Waals surface area contributed by atoms with Crippen molar-refractivity contribution in [2.75, 3.05) is 13.1 Å². The Kier molecular flexibility index (Phi) is 4.13. The van der Waals surface area contributed by atoms with E-state index in [0.717, 1.165) is 25.8 Å². The van der Waals surface area contributed by atoms with Crippen molar-refractivity contribution >= 4 is 11.8 Å². The first-order chi connectivity index (χ1) is 12.1. The molecular formula is C19H26N4O2. The van der Waals surface area contributed by atoms with Crippen molar-refractivity contribution in [2.24, 2.45) is 11.3 Å². The van der Waals surface area contributed by atoms with Gasteiger partial charge in [-0.05, 0) is 51.0 Å². The SMILES string of the molecule is CCn1nccc1C(=O)NCC12CCC=C1N(CC1CC1)C(=O)CC2. The number of rotatable bonds is 6. The summed E-state index contributed by atoms with van der Waals surface area (Å²) in [6.07, 6.45) is 9.80. The van der Waals surface area contributed by atoms with Crippen molar-refractivity contribution in [2.45, 2.75) is 52.0 Å². The van der Waals surface area contributed by atoms with E-state index >= 15 is 0 Å². The molecule has 0 bridgehead atoms. The second-order valence-electron chi connectivity index (χ2n) is 7.57. The van der Waals surface area contributed by atoms with Gasteiger partial charge >= 0.3 is 0 Å². The van der Waals surface area contributed by atoms with Crippen molar-refractivity contribution in [1.82, 2.24) is 20.0 Å². The number of hydrogen-bond donors (Lipinski definition) is 1. The lowest BCUT2D eigenvalue weighted by Gasteiger charge is -2.42. The van der Waals surface area contributed by atoms with E-state index in [9.17, 15) is 9.59 Å². The lowest BCUT2D eigenvalue weighted by molar-refractivity contribution is -0.133. The monoisotopic (exact) mass is 342 g/mol. The molecule has 0 spiro atoms. The van der Waals surface area contributed by atoms with Gasteiger partial charge in [0, 0.05) is 43.4 Å². The number of hydrogen-bond acceptors (Lipinski definition) is 3. The van der Waals surface area contributed by atoms with E-state index in [0.29, 0.717) is 31.1 Å². The Hall–Kier alpha value is -2.11. The normalized spacial score (nSPS) is 25.7. The number of aryl methyl sites for hydroxylation is 1. The van der Waals surface area contributed by atoms with Crippen LogP contribution in [-0.4, -0.2) is 39.6 Å². The first-order valence-electron chi connectivity index (χ1n) is 9.44. The molecular weight excluding hydrogens is 316 g/mol. The van der Waals surface area contributed by atoms with Crippen LogP contribution in [-0.2, 0) is 11.3 Å². The topological polar surface area (TPSA) is 67.2 Å². The van der Waals surface area contributed by atoms with Crippen LogP contribution < -0.4 is 5.32 Å². The minimum Gasteiger partial charge on any atom is -0.350 e. The van der Waals surface area contributed by atoms with Crippen LogP contribution in [0.2, 0.25) is 0 Å². The molecule has 3 aliphatic rings. The minimum absolute atomic E-state index is 0.0739. The van der Waals surface area contributed by atoms with Crippen LogP contribution in [0.25, 0.3) is 0 Å². The van der Waals surface area contributed by atoms with Gasteiger partial charge in [0.2, 0.25) is 5.91 Å². The number of aromatic nitrogens is 2. The summed E-state index contributed by atoms with van der Waals surface area (Å²) in [4.78, 5) is 27.0. The number of nitrogens with zero attached hydrogens (tertiary/aromatic N) is 3. The highest BCUT2D eigenvalue weighted by Crippen LogP contribution is 2.48. The molecule has 2 aliphatic carbocycles. The lowest BCUT2D eigenvalue weighted by atomic mass is 9.76. The highest BCUT2D eigenvalue weighted by molar-refractivity contribution is 5.92. The molecule has 6 nitrogen and oxygen atoms in total. The molecule has 1 N–H and O–H groups in total. The van der Waals surface area contributed by atoms with E-state index in [2.05, 4.69) is 16.5 Å². The average molecular weight is 342 g/mol. The molecule has 1 unspecified atom stereocenters. The van der Waals surface area contributed by atoms with Gasteiger partial charge in [0.1, 0.15) is 5.69 Å². The van der Waals surface area contributed by atoms with Gasteiger partial charge in [-0.2, -0.15) is 5.10 Å². The fraction of sp³-hybridized carbons (Fsp3) is 0.632. The van der Waals surface area contributed by atoms with E-state index in [1.54, 1.807) is 16.9 Å². The van der Waals surface area contributed by atoms with Crippen LogP contribution in [0.3, 0.4) is 0 Å². The largest absolute Gasteiger partial charge is 0.350 e. The van der Waals surface area contributed by atoms with E-state index < -0.39 is 0 Å². The molecule has 1 aromatic rings. The number of likely N-dealkylation sites (tertiary alicyclic amines) is 1. The average Bonchev–Trinajstić information content (AvgIpc) is 3.14. The van der Waals surface area contributed by atoms with Gasteiger partial charge in [0.05, 0.1) is 0 Å². The van der Waals surface area contributed by atoms with Gasteiger partial charge in [-0.25, -0.2) is 0 Å². The molecule has 2 fully saturated rings. The number of carbonyl (C=O) groups excluding carboxylic acids is 2. The third-order valence-corrected chi connectivity index (χ3v) is 5.89. The Morgan fingerprint density at radius 1 is 1.40 bits per heavy atom. The minimum atomic E-state index is -0.0781. The van der Waals surface area contributed by atoms with Crippen molar-refractivity contribution in [3.8, 4) is 0 Å². The van der Waals surface area contributed by atoms with Gasteiger partial charge in [0.15, 0.2) is 0 Å². The molecule has 6 heteroatoms. The fourth-order valence-electron chi connectivity index (χ4n) is 4.24. The van der Waals surface area contributed by atoms with Crippen LogP contribution >= 0.6 is 0 Å². The Morgan fingerprint density at radius 3 is 3.00 bits per heavy atom. The molecule has 25 heavy (non-hydrogen) atoms. The van der Waals surface area contributed by atoms with E-state index in [1.807, 2.05) is 11.8 Å². The molecule has 0 aromatic carbocycles. The molecule has 0 radical (unpaired) electrons. The summed E-state index contributed by atoms with van der Waals surface area (Å²) < 4.78 is 1.71. The second kappa shape index (κ2) is 6.32. The highest BCUT2D eigenvalue weighted by Gasteiger charge is 2.46. The molecule has 1 saturated carbocycles. The van der Waals surface area contributed by atoms with Crippen LogP contribution in [0.5, 0.6) is 0 Å². The summed E-state index contributed by atoms with van der Waals surface area (Å²) in [7, 11) is 0. The first-order valence-corrected chi connectivity index (χ1v) is 9.44. The predicted octanol–water partition coefficient (Wildman–Crippen LogP) is 2.33. The maximum absolute atomic E-state index is 12.6. The Labute approximate surface area is 148 Å². The Balaban J connectivity index is 1.48. The number of fused-ring (bicyclic) bond motifs is 1. The summed E-state index contributed by atoms with van der Waals surface area (Å²) in [6.45, 7) is 4.11. The standard InChI is InChI=1S/C19H26N4O2/c1-2-23-15(8-11-21-23)18(25)20-13-19-9-3-4-16(19)22(12-14-5-6-14)17(24)7-10-19/h4,8,11,14H,2-3,5-7,9-10,12-13H2,1H3,(H,20,25). The molecule has 2 heterocycles. The smallest absolute Gasteiger partial charge is 0.269 e. The Morgan fingerprint density at radius 2 is 2.24 bits per heavy atom. The maximum atomic E-state index is 12.6. The van der Waals surface area contributed by atoms with Crippen LogP contribution in [0, 0.1) is 11.3 Å². The summed E-state index contributed by atoms with van der Waals surface area (Å²) in [5.41, 5.74) is 1.69. The third kappa shape index (κ3) is 2.98. The zero-order chi connectivity index (χ0) is 17.4. The van der Waals surface area contributed by atoms with Gasteiger partial charge in [-0.15, -0.1) is 0 Å². The van der Waals surface area contributed by atoms with Gasteiger partial charge < -0.3 is 10.2 Å².